The first-order chi connectivity index (χ1) is 14.9. The summed E-state index contributed by atoms with van der Waals surface area (Å²) in [4.78, 5) is 31.7. The fraction of sp³-hybridized carbons (Fsp3) is 0.292. The van der Waals surface area contributed by atoms with E-state index in [9.17, 15) is 9.59 Å². The molecule has 0 saturated heterocycles. The highest BCUT2D eigenvalue weighted by Crippen LogP contribution is 2.24. The number of likely N-dealkylation sites (N-methyl/N-ethyl adjacent to an activating group) is 1. The first kappa shape index (κ1) is 22.2. The van der Waals surface area contributed by atoms with Gasteiger partial charge in [0.25, 0.3) is 0 Å². The number of pyridine rings is 1. The molecule has 1 aromatic heterocycles. The zero-order valence-corrected chi connectivity index (χ0v) is 18.3. The van der Waals surface area contributed by atoms with Crippen LogP contribution in [0.1, 0.15) is 28.5 Å². The van der Waals surface area contributed by atoms with Crippen LogP contribution in [0.15, 0.2) is 48.5 Å². The molecule has 31 heavy (non-hydrogen) atoms. The monoisotopic (exact) mass is 421 g/mol. The lowest BCUT2D eigenvalue weighted by Gasteiger charge is -2.19. The minimum Gasteiger partial charge on any atom is -0.497 e. The maximum Gasteiger partial charge on any atom is 0.340 e. The largest absolute Gasteiger partial charge is 0.497 e. The summed E-state index contributed by atoms with van der Waals surface area (Å²) in [6, 6.07) is 14.9. The fourth-order valence-electron chi connectivity index (χ4n) is 3.49. The number of methoxy groups -OCH3 is 1. The van der Waals surface area contributed by atoms with Crippen LogP contribution in [-0.4, -0.2) is 49.1 Å². The van der Waals surface area contributed by atoms with Crippen molar-refractivity contribution in [2.24, 2.45) is 0 Å². The summed E-state index contributed by atoms with van der Waals surface area (Å²) >= 11 is 0. The lowest BCUT2D eigenvalue weighted by Crippen LogP contribution is -2.31. The number of carbonyl (C=O) groups excluding carboxylic acids is 2. The smallest absolute Gasteiger partial charge is 0.340 e. The van der Waals surface area contributed by atoms with Crippen molar-refractivity contribution in [3.8, 4) is 5.75 Å². The molecule has 3 rings (SSSR count). The molecule has 2 aromatic carbocycles. The number of benzene rings is 2. The van der Waals surface area contributed by atoms with Gasteiger partial charge in [0, 0.05) is 23.7 Å². The van der Waals surface area contributed by atoms with Crippen molar-refractivity contribution >= 4 is 28.5 Å². The maximum atomic E-state index is 12.7. The van der Waals surface area contributed by atoms with Crippen LogP contribution < -0.4 is 10.1 Å². The summed E-state index contributed by atoms with van der Waals surface area (Å²) in [5, 5.41) is 3.77. The van der Waals surface area contributed by atoms with Gasteiger partial charge < -0.3 is 14.8 Å². The zero-order chi connectivity index (χ0) is 22.4. The van der Waals surface area contributed by atoms with Crippen LogP contribution in [0.3, 0.4) is 0 Å². The van der Waals surface area contributed by atoms with Crippen molar-refractivity contribution in [3.05, 3.63) is 65.4 Å². The number of nitrogens with zero attached hydrogens (tertiary/aromatic N) is 2. The van der Waals surface area contributed by atoms with Crippen molar-refractivity contribution < 1.29 is 19.1 Å². The summed E-state index contributed by atoms with van der Waals surface area (Å²) < 4.78 is 10.5. The Morgan fingerprint density at radius 2 is 1.90 bits per heavy atom. The van der Waals surface area contributed by atoms with Crippen LogP contribution in [0.4, 0.5) is 5.69 Å². The highest BCUT2D eigenvalue weighted by Gasteiger charge is 2.21. The van der Waals surface area contributed by atoms with Crippen LogP contribution in [0.2, 0.25) is 0 Å². The van der Waals surface area contributed by atoms with Crippen LogP contribution in [0, 0.1) is 6.92 Å². The number of carbonyl (C=O) groups is 2. The van der Waals surface area contributed by atoms with Gasteiger partial charge in [-0.25, -0.2) is 4.79 Å². The van der Waals surface area contributed by atoms with E-state index in [-0.39, 0.29) is 19.1 Å². The molecular weight excluding hydrogens is 394 g/mol. The molecule has 0 radical (unpaired) electrons. The molecule has 1 amide bonds. The molecule has 0 spiro atoms. The van der Waals surface area contributed by atoms with Gasteiger partial charge in [0.2, 0.25) is 5.91 Å². The van der Waals surface area contributed by atoms with E-state index in [0.29, 0.717) is 29.2 Å². The number of amides is 1. The molecular formula is C24H27N3O4. The third-order valence-electron chi connectivity index (χ3n) is 4.89. The number of nitrogens with one attached hydrogen (secondary N) is 1. The molecule has 1 N–H and O–H groups in total. The highest BCUT2D eigenvalue weighted by atomic mass is 16.5. The predicted octanol–water partition coefficient (Wildman–Crippen LogP) is 3.80. The van der Waals surface area contributed by atoms with Gasteiger partial charge in [0.05, 0.1) is 37.0 Å². The number of anilines is 1. The molecule has 7 nitrogen and oxygen atoms in total. The molecule has 1 heterocycles. The third kappa shape index (κ3) is 5.38. The minimum atomic E-state index is -0.400. The molecule has 0 fully saturated rings. The van der Waals surface area contributed by atoms with Gasteiger partial charge >= 0.3 is 5.97 Å². The Kier molecular flexibility index (Phi) is 7.20. The number of aryl methyl sites for hydroxylation is 1. The first-order valence-electron chi connectivity index (χ1n) is 10.1. The normalized spacial score (nSPS) is 10.9. The summed E-state index contributed by atoms with van der Waals surface area (Å²) in [6.45, 7) is 4.41. The van der Waals surface area contributed by atoms with E-state index in [1.165, 1.54) is 0 Å². The van der Waals surface area contributed by atoms with Crippen molar-refractivity contribution in [1.82, 2.24) is 9.88 Å². The summed E-state index contributed by atoms with van der Waals surface area (Å²) in [7, 11) is 3.39. The second-order valence-corrected chi connectivity index (χ2v) is 7.25. The predicted molar refractivity (Wildman–Crippen MR) is 120 cm³/mol. The summed E-state index contributed by atoms with van der Waals surface area (Å²) in [5.74, 6) is 0.0921. The average Bonchev–Trinajstić information content (AvgIpc) is 2.74. The van der Waals surface area contributed by atoms with Crippen LogP contribution in [0.25, 0.3) is 10.9 Å². The van der Waals surface area contributed by atoms with Gasteiger partial charge in [0.1, 0.15) is 5.75 Å². The summed E-state index contributed by atoms with van der Waals surface area (Å²) in [5.41, 5.74) is 3.34. The van der Waals surface area contributed by atoms with E-state index < -0.39 is 5.97 Å². The van der Waals surface area contributed by atoms with Crippen molar-refractivity contribution in [2.45, 2.75) is 20.4 Å². The van der Waals surface area contributed by atoms with Crippen molar-refractivity contribution in [2.75, 3.05) is 32.6 Å². The average molecular weight is 421 g/mol. The van der Waals surface area contributed by atoms with E-state index in [2.05, 4.69) is 5.32 Å². The number of para-hydroxylation sites is 1. The van der Waals surface area contributed by atoms with Crippen molar-refractivity contribution in [3.63, 3.8) is 0 Å². The van der Waals surface area contributed by atoms with E-state index in [0.717, 1.165) is 16.5 Å². The third-order valence-corrected chi connectivity index (χ3v) is 4.89. The topological polar surface area (TPSA) is 80.8 Å². The minimum absolute atomic E-state index is 0.132. The summed E-state index contributed by atoms with van der Waals surface area (Å²) in [6.07, 6.45) is 0. The Balaban J connectivity index is 1.80. The quantitative estimate of drug-likeness (QED) is 0.557. The lowest BCUT2D eigenvalue weighted by molar-refractivity contribution is -0.117. The number of fused-ring (bicyclic) bond motifs is 1. The standard InChI is InChI=1S/C24H27N3O4/c1-5-31-24(29)23-16(2)19-11-6-7-12-20(19)26-21(23)14-27(3)15-22(28)25-17-9-8-10-18(13-17)30-4/h6-13H,5,14-15H2,1-4H3,(H,25,28). The number of hydrogen-bond donors (Lipinski definition) is 1. The Bertz CT molecular complexity index is 1100. The number of rotatable bonds is 8. The molecule has 3 aromatic rings. The second-order valence-electron chi connectivity index (χ2n) is 7.25. The molecule has 0 atom stereocenters. The molecule has 0 aliphatic carbocycles. The number of aromatic nitrogens is 1. The first-order valence-corrected chi connectivity index (χ1v) is 10.1. The number of hydrogen-bond acceptors (Lipinski definition) is 6. The molecule has 0 bridgehead atoms. The fourth-order valence-corrected chi connectivity index (χ4v) is 3.49. The van der Waals surface area contributed by atoms with E-state index in [4.69, 9.17) is 14.5 Å². The zero-order valence-electron chi connectivity index (χ0n) is 18.3. The van der Waals surface area contributed by atoms with Gasteiger partial charge in [-0.15, -0.1) is 0 Å². The van der Waals surface area contributed by atoms with Gasteiger partial charge in [0.15, 0.2) is 0 Å². The van der Waals surface area contributed by atoms with Gasteiger partial charge in [-0.3, -0.25) is 14.7 Å². The van der Waals surface area contributed by atoms with Crippen molar-refractivity contribution in [1.29, 1.82) is 0 Å². The Hall–Kier alpha value is -3.45. The Labute approximate surface area is 182 Å². The van der Waals surface area contributed by atoms with Crippen LogP contribution in [-0.2, 0) is 16.1 Å². The number of ether oxygens (including phenoxy) is 2. The van der Waals surface area contributed by atoms with Crippen LogP contribution >= 0.6 is 0 Å². The van der Waals surface area contributed by atoms with E-state index in [1.807, 2.05) is 55.3 Å². The molecule has 0 aliphatic heterocycles. The van der Waals surface area contributed by atoms with E-state index >= 15 is 0 Å². The lowest BCUT2D eigenvalue weighted by atomic mass is 10.0. The molecule has 0 saturated carbocycles. The molecule has 0 aliphatic rings. The van der Waals surface area contributed by atoms with Gasteiger partial charge in [-0.2, -0.15) is 0 Å². The van der Waals surface area contributed by atoms with Gasteiger partial charge in [-0.05, 0) is 44.7 Å². The Morgan fingerprint density at radius 1 is 1.13 bits per heavy atom. The Morgan fingerprint density at radius 3 is 2.65 bits per heavy atom. The number of esters is 1. The van der Waals surface area contributed by atoms with E-state index in [1.54, 1.807) is 26.2 Å². The molecule has 0 unspecified atom stereocenters. The molecule has 162 valence electrons. The maximum absolute atomic E-state index is 12.7. The highest BCUT2D eigenvalue weighted by molar-refractivity contribution is 5.98. The molecule has 7 heteroatoms. The second kappa shape index (κ2) is 10.0. The SMILES string of the molecule is CCOC(=O)c1c(CN(C)CC(=O)Nc2cccc(OC)c2)nc2ccccc2c1C. The van der Waals surface area contributed by atoms with Crippen LogP contribution in [0.5, 0.6) is 5.75 Å². The van der Waals surface area contributed by atoms with Gasteiger partial charge in [-0.1, -0.05) is 24.3 Å².